The van der Waals surface area contributed by atoms with Crippen molar-refractivity contribution in [3.8, 4) is 0 Å². The molecule has 0 heterocycles. The summed E-state index contributed by atoms with van der Waals surface area (Å²) in [4.78, 5) is 36.7. The normalized spacial score (nSPS) is 41.9. The number of hydrogen-bond acceptors (Lipinski definition) is 7. The van der Waals surface area contributed by atoms with E-state index in [0.29, 0.717) is 42.2 Å². The van der Waals surface area contributed by atoms with Crippen LogP contribution >= 0.6 is 0 Å². The van der Waals surface area contributed by atoms with Gasteiger partial charge >= 0.3 is 11.9 Å². The molecule has 0 aromatic rings. The van der Waals surface area contributed by atoms with Crippen LogP contribution in [0.15, 0.2) is 0 Å². The molecule has 216 valence electrons. The molecule has 0 bridgehead atoms. The van der Waals surface area contributed by atoms with Gasteiger partial charge in [0.1, 0.15) is 5.78 Å². The molecule has 4 saturated carbocycles. The molecule has 7 nitrogen and oxygen atoms in total. The summed E-state index contributed by atoms with van der Waals surface area (Å²) in [6.45, 7) is 14.3. The van der Waals surface area contributed by atoms with Gasteiger partial charge in [-0.25, -0.2) is 0 Å². The summed E-state index contributed by atoms with van der Waals surface area (Å²) in [7, 11) is 0. The number of rotatable bonds is 9. The van der Waals surface area contributed by atoms with E-state index < -0.39 is 12.6 Å². The molecule has 7 heteroatoms. The van der Waals surface area contributed by atoms with Crippen molar-refractivity contribution in [3.05, 3.63) is 0 Å². The third kappa shape index (κ3) is 5.70. The number of esters is 2. The van der Waals surface area contributed by atoms with Gasteiger partial charge in [0.25, 0.3) is 0 Å². The van der Waals surface area contributed by atoms with Crippen LogP contribution in [-0.4, -0.2) is 43.5 Å². The zero-order valence-electron chi connectivity index (χ0n) is 24.6. The molecule has 4 fully saturated rings. The standard InChI is InChI=1S/C31H50O7/c1-8-24-9-10-26-25-14-29(34)28-13-22(16-35-20(4)37-18(2)32)23(17-36-21(5)38-19(3)33)15-31(28,7)27(25)11-12-30(24,26)6/h20-28H,8-17H2,1-7H3/t20?,21?,22-,23+,24+,25+,26+,27+,28-,30-,31-/m1/s1. The number of Topliss-reactive ketones (excluding diaryl/α,β-unsaturated/α-hetero) is 1. The first-order valence-electron chi connectivity index (χ1n) is 15.0. The number of carbonyl (C=O) groups is 3. The van der Waals surface area contributed by atoms with Crippen molar-refractivity contribution in [2.45, 2.75) is 112 Å². The maximum atomic E-state index is 13.9. The largest absolute Gasteiger partial charge is 0.436 e. The molecular formula is C31H50O7. The average molecular weight is 535 g/mol. The van der Waals surface area contributed by atoms with Crippen LogP contribution in [0.5, 0.6) is 0 Å². The molecule has 0 aliphatic heterocycles. The number of ketones is 1. The molecule has 0 aromatic heterocycles. The van der Waals surface area contributed by atoms with Gasteiger partial charge in [0.15, 0.2) is 12.6 Å². The lowest BCUT2D eigenvalue weighted by atomic mass is 9.43. The minimum atomic E-state index is -0.640. The Kier molecular flexibility index (Phi) is 8.98. The maximum Gasteiger partial charge on any atom is 0.304 e. The molecule has 11 atom stereocenters. The van der Waals surface area contributed by atoms with Crippen LogP contribution in [0.4, 0.5) is 0 Å². The molecule has 2 unspecified atom stereocenters. The van der Waals surface area contributed by atoms with Gasteiger partial charge in [-0.15, -0.1) is 0 Å². The van der Waals surface area contributed by atoms with Crippen LogP contribution in [0, 0.1) is 52.3 Å². The fourth-order valence-electron chi connectivity index (χ4n) is 9.55. The lowest BCUT2D eigenvalue weighted by Crippen LogP contribution is -2.58. The van der Waals surface area contributed by atoms with Gasteiger partial charge in [0.2, 0.25) is 0 Å². The molecule has 0 radical (unpaired) electrons. The molecule has 0 N–H and O–H groups in total. The zero-order valence-corrected chi connectivity index (χ0v) is 24.6. The second kappa shape index (κ2) is 11.6. The van der Waals surface area contributed by atoms with Crippen molar-refractivity contribution in [3.63, 3.8) is 0 Å². The Hall–Kier alpha value is -1.47. The third-order valence-corrected chi connectivity index (χ3v) is 11.3. The zero-order chi connectivity index (χ0) is 27.8. The second-order valence-electron chi connectivity index (χ2n) is 13.3. The number of hydrogen-bond donors (Lipinski definition) is 0. The minimum absolute atomic E-state index is 0.0243. The van der Waals surface area contributed by atoms with E-state index in [9.17, 15) is 14.4 Å². The van der Waals surface area contributed by atoms with Crippen molar-refractivity contribution in [1.82, 2.24) is 0 Å². The van der Waals surface area contributed by atoms with Gasteiger partial charge < -0.3 is 18.9 Å². The topological polar surface area (TPSA) is 88.1 Å². The van der Waals surface area contributed by atoms with Gasteiger partial charge in [-0.3, -0.25) is 14.4 Å². The lowest BCUT2D eigenvalue weighted by molar-refractivity contribution is -0.195. The highest BCUT2D eigenvalue weighted by atomic mass is 16.7. The summed E-state index contributed by atoms with van der Waals surface area (Å²) < 4.78 is 22.4. The molecule has 38 heavy (non-hydrogen) atoms. The van der Waals surface area contributed by atoms with Crippen LogP contribution in [-0.2, 0) is 33.3 Å². The minimum Gasteiger partial charge on any atom is -0.436 e. The summed E-state index contributed by atoms with van der Waals surface area (Å²) in [6.07, 6.45) is 7.41. The highest BCUT2D eigenvalue weighted by Crippen LogP contribution is 2.68. The van der Waals surface area contributed by atoms with E-state index in [0.717, 1.165) is 25.2 Å². The Balaban J connectivity index is 1.54. The number of carbonyl (C=O) groups excluding carboxylic acids is 3. The van der Waals surface area contributed by atoms with Crippen molar-refractivity contribution < 1.29 is 33.3 Å². The van der Waals surface area contributed by atoms with E-state index in [1.807, 2.05) is 0 Å². The molecule has 0 aromatic carbocycles. The maximum absolute atomic E-state index is 13.9. The molecule has 0 amide bonds. The van der Waals surface area contributed by atoms with Crippen LogP contribution in [0.2, 0.25) is 0 Å². The highest BCUT2D eigenvalue weighted by Gasteiger charge is 2.62. The summed E-state index contributed by atoms with van der Waals surface area (Å²) in [5, 5.41) is 0. The Morgan fingerprint density at radius 2 is 1.47 bits per heavy atom. The van der Waals surface area contributed by atoms with E-state index in [1.54, 1.807) is 13.8 Å². The third-order valence-electron chi connectivity index (χ3n) is 11.3. The quantitative estimate of drug-likeness (QED) is 0.268. The summed E-state index contributed by atoms with van der Waals surface area (Å²) >= 11 is 0. The van der Waals surface area contributed by atoms with Gasteiger partial charge in [-0.05, 0) is 98.7 Å². The number of ether oxygens (including phenoxy) is 4. The van der Waals surface area contributed by atoms with E-state index >= 15 is 0 Å². The SMILES string of the molecule is CC[C@H]1CC[C@H]2[C@@H]3CC(=O)[C@H]4C[C@H](COC(C)OC(C)=O)[C@H](COC(C)OC(C)=O)C[C@]4(C)[C@H]3CC[C@]12C. The van der Waals surface area contributed by atoms with E-state index in [4.69, 9.17) is 18.9 Å². The average Bonchev–Trinajstić information content (AvgIpc) is 3.17. The van der Waals surface area contributed by atoms with E-state index in [-0.39, 0.29) is 35.1 Å². The molecule has 0 saturated heterocycles. The monoisotopic (exact) mass is 534 g/mol. The first-order chi connectivity index (χ1) is 17.9. The molecule has 0 spiro atoms. The Bertz CT molecular complexity index is 887. The Morgan fingerprint density at radius 1 is 0.895 bits per heavy atom. The van der Waals surface area contributed by atoms with Gasteiger partial charge in [0, 0.05) is 26.2 Å². The Morgan fingerprint density at radius 3 is 2.05 bits per heavy atom. The lowest BCUT2D eigenvalue weighted by Gasteiger charge is -2.61. The fourth-order valence-corrected chi connectivity index (χ4v) is 9.55. The van der Waals surface area contributed by atoms with E-state index in [1.165, 1.54) is 46.0 Å². The first kappa shape index (κ1) is 29.5. The van der Waals surface area contributed by atoms with Crippen LogP contribution in [0.1, 0.15) is 99.8 Å². The van der Waals surface area contributed by atoms with Gasteiger partial charge in [0.05, 0.1) is 13.2 Å². The van der Waals surface area contributed by atoms with Crippen molar-refractivity contribution in [1.29, 1.82) is 0 Å². The van der Waals surface area contributed by atoms with Crippen molar-refractivity contribution >= 4 is 17.7 Å². The number of fused-ring (bicyclic) bond motifs is 5. The Labute approximate surface area is 229 Å². The summed E-state index contributed by atoms with van der Waals surface area (Å²) in [5.74, 6) is 2.44. The first-order valence-corrected chi connectivity index (χ1v) is 15.0. The molecular weight excluding hydrogens is 484 g/mol. The van der Waals surface area contributed by atoms with Crippen LogP contribution in [0.25, 0.3) is 0 Å². The predicted molar refractivity (Wildman–Crippen MR) is 143 cm³/mol. The van der Waals surface area contributed by atoms with Gasteiger partial charge in [-0.1, -0.05) is 27.2 Å². The second-order valence-corrected chi connectivity index (χ2v) is 13.3. The smallest absolute Gasteiger partial charge is 0.304 e. The van der Waals surface area contributed by atoms with Crippen LogP contribution < -0.4 is 0 Å². The molecule has 4 aliphatic carbocycles. The van der Waals surface area contributed by atoms with E-state index in [2.05, 4.69) is 20.8 Å². The van der Waals surface area contributed by atoms with Crippen molar-refractivity contribution in [2.24, 2.45) is 52.3 Å². The highest BCUT2D eigenvalue weighted by molar-refractivity contribution is 5.83. The van der Waals surface area contributed by atoms with Crippen LogP contribution in [0.3, 0.4) is 0 Å². The van der Waals surface area contributed by atoms with Crippen molar-refractivity contribution in [2.75, 3.05) is 13.2 Å². The van der Waals surface area contributed by atoms with Gasteiger partial charge in [-0.2, -0.15) is 0 Å². The predicted octanol–water partition coefficient (Wildman–Crippen LogP) is 5.93. The summed E-state index contributed by atoms with van der Waals surface area (Å²) in [6, 6.07) is 0. The fraction of sp³-hybridized carbons (Fsp3) is 0.903. The molecule has 4 rings (SSSR count). The molecule has 4 aliphatic rings. The summed E-state index contributed by atoms with van der Waals surface area (Å²) in [5.41, 5.74) is 0.307.